The number of anilines is 1. The van der Waals surface area contributed by atoms with Gasteiger partial charge in [-0.1, -0.05) is 96.1 Å². The lowest BCUT2D eigenvalue weighted by molar-refractivity contribution is -0.384. The first-order valence-corrected chi connectivity index (χ1v) is 13.3. The van der Waals surface area contributed by atoms with Gasteiger partial charge in [-0.3, -0.25) is 14.9 Å². The molecule has 0 radical (unpaired) electrons. The van der Waals surface area contributed by atoms with Gasteiger partial charge >= 0.3 is 0 Å². The summed E-state index contributed by atoms with van der Waals surface area (Å²) in [6.45, 7) is 2.26. The summed E-state index contributed by atoms with van der Waals surface area (Å²) in [6.07, 6.45) is 17.8. The molecule has 2 aromatic rings. The Bertz CT molecular complexity index is 896. The van der Waals surface area contributed by atoms with E-state index in [2.05, 4.69) is 12.2 Å². The molecule has 0 atom stereocenters. The zero-order valence-electron chi connectivity index (χ0n) is 21.5. The molecular formula is C29H42N2O4. The number of methoxy groups -OCH3 is 1. The predicted molar refractivity (Wildman–Crippen MR) is 143 cm³/mol. The zero-order chi connectivity index (χ0) is 25.3. The predicted octanol–water partition coefficient (Wildman–Crippen LogP) is 8.49. The molecule has 2 rings (SSSR count). The third-order valence-corrected chi connectivity index (χ3v) is 6.45. The fourth-order valence-electron chi connectivity index (χ4n) is 4.41. The second-order valence-corrected chi connectivity index (χ2v) is 9.25. The molecule has 192 valence electrons. The quantitative estimate of drug-likeness (QED) is 0.131. The number of hydrogen-bond acceptors (Lipinski definition) is 4. The zero-order valence-corrected chi connectivity index (χ0v) is 21.5. The van der Waals surface area contributed by atoms with Crippen LogP contribution < -0.4 is 10.1 Å². The number of carbonyl (C=O) groups excluding carboxylic acids is 1. The van der Waals surface area contributed by atoms with E-state index in [0.29, 0.717) is 17.0 Å². The van der Waals surface area contributed by atoms with E-state index in [4.69, 9.17) is 4.74 Å². The van der Waals surface area contributed by atoms with Crippen LogP contribution in [0, 0.1) is 10.1 Å². The van der Waals surface area contributed by atoms with Gasteiger partial charge in [0.05, 0.1) is 17.6 Å². The Balaban J connectivity index is 1.75. The lowest BCUT2D eigenvalue weighted by Gasteiger charge is -2.14. The number of ether oxygens (including phenoxy) is 1. The van der Waals surface area contributed by atoms with Gasteiger partial charge in [-0.2, -0.15) is 0 Å². The van der Waals surface area contributed by atoms with Crippen LogP contribution >= 0.6 is 0 Å². The van der Waals surface area contributed by atoms with Crippen molar-refractivity contribution in [3.63, 3.8) is 0 Å². The van der Waals surface area contributed by atoms with Crippen molar-refractivity contribution in [1.82, 2.24) is 0 Å². The van der Waals surface area contributed by atoms with Gasteiger partial charge in [0.25, 0.3) is 11.6 Å². The van der Waals surface area contributed by atoms with E-state index in [1.165, 1.54) is 94.9 Å². The number of unbranched alkanes of at least 4 members (excludes halogenated alkanes) is 12. The van der Waals surface area contributed by atoms with Crippen molar-refractivity contribution < 1.29 is 14.5 Å². The Morgan fingerprint density at radius 1 is 0.829 bits per heavy atom. The van der Waals surface area contributed by atoms with Crippen LogP contribution in [0.5, 0.6) is 5.75 Å². The van der Waals surface area contributed by atoms with Crippen molar-refractivity contribution in [3.8, 4) is 5.75 Å². The number of hydrogen-bond donors (Lipinski definition) is 1. The van der Waals surface area contributed by atoms with E-state index >= 15 is 0 Å². The molecule has 0 fully saturated rings. The Morgan fingerprint density at radius 2 is 1.37 bits per heavy atom. The minimum Gasteiger partial charge on any atom is -0.496 e. The Labute approximate surface area is 210 Å². The molecule has 0 unspecified atom stereocenters. The molecule has 6 nitrogen and oxygen atoms in total. The van der Waals surface area contributed by atoms with Crippen LogP contribution in [0.25, 0.3) is 0 Å². The van der Waals surface area contributed by atoms with E-state index in [1.807, 2.05) is 12.1 Å². The van der Waals surface area contributed by atoms with Crippen LogP contribution in [0.3, 0.4) is 0 Å². The highest BCUT2D eigenvalue weighted by molar-refractivity contribution is 6.07. The first-order valence-electron chi connectivity index (χ1n) is 13.3. The minimum atomic E-state index is -0.459. The van der Waals surface area contributed by atoms with Gasteiger partial charge in [0.2, 0.25) is 0 Å². The summed E-state index contributed by atoms with van der Waals surface area (Å²) in [5, 5.41) is 13.7. The lowest BCUT2D eigenvalue weighted by Crippen LogP contribution is -2.15. The van der Waals surface area contributed by atoms with E-state index in [0.717, 1.165) is 24.8 Å². The number of carbonyl (C=O) groups is 1. The van der Waals surface area contributed by atoms with Crippen LogP contribution in [-0.4, -0.2) is 17.9 Å². The molecule has 0 saturated heterocycles. The molecule has 2 aromatic carbocycles. The maximum Gasteiger partial charge on any atom is 0.269 e. The number of amides is 1. The number of rotatable bonds is 18. The van der Waals surface area contributed by atoms with Crippen LogP contribution in [-0.2, 0) is 6.42 Å². The number of non-ortho nitro benzene ring substituents is 1. The number of nitro benzene ring substituents is 1. The summed E-state index contributed by atoms with van der Waals surface area (Å²) < 4.78 is 5.46. The molecule has 1 amide bonds. The second-order valence-electron chi connectivity index (χ2n) is 9.25. The third kappa shape index (κ3) is 10.5. The molecule has 0 spiro atoms. The summed E-state index contributed by atoms with van der Waals surface area (Å²) in [7, 11) is 1.56. The highest BCUT2D eigenvalue weighted by Crippen LogP contribution is 2.26. The Morgan fingerprint density at radius 3 is 1.89 bits per heavy atom. The normalized spacial score (nSPS) is 10.8. The molecule has 0 aliphatic heterocycles. The lowest BCUT2D eigenvalue weighted by atomic mass is 9.98. The van der Waals surface area contributed by atoms with Gasteiger partial charge in [-0.25, -0.2) is 0 Å². The van der Waals surface area contributed by atoms with Gasteiger partial charge in [-0.15, -0.1) is 0 Å². The summed E-state index contributed by atoms with van der Waals surface area (Å²) in [6, 6.07) is 11.5. The maximum absolute atomic E-state index is 13.0. The minimum absolute atomic E-state index is 0.0108. The van der Waals surface area contributed by atoms with Crippen molar-refractivity contribution in [1.29, 1.82) is 0 Å². The number of nitrogens with zero attached hydrogens (tertiary/aromatic N) is 1. The highest BCUT2D eigenvalue weighted by atomic mass is 16.6. The van der Waals surface area contributed by atoms with Gasteiger partial charge in [-0.05, 0) is 36.6 Å². The molecule has 1 N–H and O–H groups in total. The first kappa shape index (κ1) is 28.3. The van der Waals surface area contributed by atoms with Crippen LogP contribution in [0.15, 0.2) is 42.5 Å². The molecule has 0 bridgehead atoms. The average molecular weight is 483 g/mol. The number of aryl methyl sites for hydroxylation is 1. The van der Waals surface area contributed by atoms with Crippen molar-refractivity contribution in [2.24, 2.45) is 0 Å². The maximum atomic E-state index is 13.0. The van der Waals surface area contributed by atoms with Crippen LogP contribution in [0.4, 0.5) is 11.4 Å². The van der Waals surface area contributed by atoms with Crippen LogP contribution in [0.1, 0.15) is 106 Å². The summed E-state index contributed by atoms with van der Waals surface area (Å²) in [4.78, 5) is 23.4. The number of nitrogens with one attached hydrogen (secondary N) is 1. The van der Waals surface area contributed by atoms with Crippen molar-refractivity contribution in [3.05, 3.63) is 63.7 Å². The molecule has 0 saturated carbocycles. The topological polar surface area (TPSA) is 81.5 Å². The molecular weight excluding hydrogens is 440 g/mol. The molecule has 35 heavy (non-hydrogen) atoms. The fraction of sp³-hybridized carbons (Fsp3) is 0.552. The second kappa shape index (κ2) is 16.7. The first-order chi connectivity index (χ1) is 17.1. The van der Waals surface area contributed by atoms with E-state index < -0.39 is 4.92 Å². The summed E-state index contributed by atoms with van der Waals surface area (Å²) in [5.74, 6) is 0.276. The average Bonchev–Trinajstić information content (AvgIpc) is 2.86. The molecule has 0 heterocycles. The van der Waals surface area contributed by atoms with Gasteiger partial charge in [0.1, 0.15) is 5.75 Å². The molecule has 0 aliphatic rings. The largest absolute Gasteiger partial charge is 0.496 e. The van der Waals surface area contributed by atoms with E-state index in [-0.39, 0.29) is 11.6 Å². The summed E-state index contributed by atoms with van der Waals surface area (Å²) in [5.41, 5.74) is 2.00. The highest BCUT2D eigenvalue weighted by Gasteiger charge is 2.17. The van der Waals surface area contributed by atoms with E-state index in [9.17, 15) is 14.9 Å². The van der Waals surface area contributed by atoms with E-state index in [1.54, 1.807) is 13.2 Å². The number of benzene rings is 2. The fourth-order valence-corrected chi connectivity index (χ4v) is 4.41. The van der Waals surface area contributed by atoms with Gasteiger partial charge in [0, 0.05) is 17.8 Å². The van der Waals surface area contributed by atoms with Crippen molar-refractivity contribution >= 4 is 17.3 Å². The van der Waals surface area contributed by atoms with Crippen LogP contribution in [0.2, 0.25) is 0 Å². The third-order valence-electron chi connectivity index (χ3n) is 6.45. The monoisotopic (exact) mass is 482 g/mol. The molecule has 6 heteroatoms. The van der Waals surface area contributed by atoms with Crippen molar-refractivity contribution in [2.75, 3.05) is 12.4 Å². The Kier molecular flexibility index (Phi) is 13.5. The van der Waals surface area contributed by atoms with Gasteiger partial charge in [0.15, 0.2) is 0 Å². The van der Waals surface area contributed by atoms with Gasteiger partial charge < -0.3 is 10.1 Å². The smallest absolute Gasteiger partial charge is 0.269 e. The molecule has 0 aliphatic carbocycles. The standard InChI is InChI=1S/C29H42N2O4/c1-3-4-5-6-7-8-9-10-11-12-13-14-15-17-24-18-16-19-27(35-2)28(24)29(32)30-25-20-22-26(23-21-25)31(33)34/h16,18-23H,3-15,17H2,1-2H3,(H,30,32). The summed E-state index contributed by atoms with van der Waals surface area (Å²) >= 11 is 0. The number of nitro groups is 1. The Hall–Kier alpha value is -2.89. The van der Waals surface area contributed by atoms with Crippen molar-refractivity contribution in [2.45, 2.75) is 96.8 Å². The molecule has 0 aromatic heterocycles. The SMILES string of the molecule is CCCCCCCCCCCCCCCc1cccc(OC)c1C(=O)Nc1ccc([N+](=O)[O-])cc1.